The van der Waals surface area contributed by atoms with Gasteiger partial charge in [-0.15, -0.1) is 0 Å². The average Bonchev–Trinajstić information content (AvgIpc) is 2.09. The first-order valence-corrected chi connectivity index (χ1v) is 5.93. The Balaban J connectivity index is 3.95. The number of nitrogens with zero attached hydrogens (tertiary/aromatic N) is 3. The van der Waals surface area contributed by atoms with E-state index in [0.29, 0.717) is 12.1 Å². The second-order valence-corrected chi connectivity index (χ2v) is 5.23. The van der Waals surface area contributed by atoms with E-state index in [2.05, 4.69) is 63.5 Å². The Bertz CT molecular complexity index is 147. The van der Waals surface area contributed by atoms with E-state index >= 15 is 0 Å². The third-order valence-electron chi connectivity index (χ3n) is 2.66. The van der Waals surface area contributed by atoms with Crippen molar-refractivity contribution in [3.05, 3.63) is 0 Å². The van der Waals surface area contributed by atoms with E-state index < -0.39 is 0 Å². The summed E-state index contributed by atoms with van der Waals surface area (Å²) in [5.74, 6) is 0. The third-order valence-corrected chi connectivity index (χ3v) is 2.66. The molecular weight excluding hydrogens is 186 g/mol. The second kappa shape index (κ2) is 7.20. The van der Waals surface area contributed by atoms with Gasteiger partial charge in [0, 0.05) is 25.2 Å². The van der Waals surface area contributed by atoms with Gasteiger partial charge < -0.3 is 4.90 Å². The fraction of sp³-hybridized carbons (Fsp3) is 1.00. The largest absolute Gasteiger partial charge is 0.308 e. The van der Waals surface area contributed by atoms with E-state index in [0.717, 1.165) is 19.8 Å². The fourth-order valence-electron chi connectivity index (χ4n) is 1.64. The Labute approximate surface area is 96.0 Å². The molecule has 0 rings (SSSR count). The second-order valence-electron chi connectivity index (χ2n) is 5.23. The molecule has 3 heteroatoms. The summed E-state index contributed by atoms with van der Waals surface area (Å²) < 4.78 is 0. The van der Waals surface area contributed by atoms with Gasteiger partial charge in [-0.25, -0.2) is 0 Å². The summed E-state index contributed by atoms with van der Waals surface area (Å²) in [5, 5.41) is 0. The molecule has 92 valence electrons. The smallest absolute Gasteiger partial charge is 0.0508 e. The number of rotatable bonds is 7. The van der Waals surface area contributed by atoms with Crippen LogP contribution in [0.3, 0.4) is 0 Å². The van der Waals surface area contributed by atoms with Gasteiger partial charge in [-0.1, -0.05) is 0 Å². The lowest BCUT2D eigenvalue weighted by molar-refractivity contribution is 0.0895. The molecule has 0 aliphatic rings. The van der Waals surface area contributed by atoms with Gasteiger partial charge in [-0.05, 0) is 48.8 Å². The van der Waals surface area contributed by atoms with Crippen molar-refractivity contribution < 1.29 is 0 Å². The van der Waals surface area contributed by atoms with Gasteiger partial charge in [0.1, 0.15) is 0 Å². The van der Waals surface area contributed by atoms with Crippen molar-refractivity contribution in [3.63, 3.8) is 0 Å². The summed E-state index contributed by atoms with van der Waals surface area (Å²) >= 11 is 0. The summed E-state index contributed by atoms with van der Waals surface area (Å²) in [6.07, 6.45) is 0. The number of hydrogen-bond acceptors (Lipinski definition) is 3. The topological polar surface area (TPSA) is 9.72 Å². The van der Waals surface area contributed by atoms with Crippen LogP contribution in [-0.4, -0.2) is 67.7 Å². The van der Waals surface area contributed by atoms with E-state index in [1.54, 1.807) is 0 Å². The van der Waals surface area contributed by atoms with Crippen molar-refractivity contribution in [2.24, 2.45) is 0 Å². The molecule has 0 aromatic carbocycles. The lowest BCUT2D eigenvalue weighted by Gasteiger charge is -2.34. The first-order chi connectivity index (χ1) is 6.84. The molecule has 0 aromatic heterocycles. The Morgan fingerprint density at radius 2 is 1.27 bits per heavy atom. The maximum Gasteiger partial charge on any atom is 0.0508 e. The van der Waals surface area contributed by atoms with Crippen LogP contribution < -0.4 is 0 Å². The Hall–Kier alpha value is -0.120. The van der Waals surface area contributed by atoms with E-state index in [1.807, 2.05) is 0 Å². The summed E-state index contributed by atoms with van der Waals surface area (Å²) in [7, 11) is 6.44. The van der Waals surface area contributed by atoms with E-state index in [1.165, 1.54) is 0 Å². The predicted octanol–water partition coefficient (Wildman–Crippen LogP) is 1.56. The average molecular weight is 215 g/mol. The molecule has 0 spiro atoms. The molecule has 3 nitrogen and oxygen atoms in total. The molecule has 0 radical (unpaired) electrons. The molecule has 0 fully saturated rings. The van der Waals surface area contributed by atoms with Crippen molar-refractivity contribution >= 4 is 0 Å². The molecule has 0 amide bonds. The zero-order valence-electron chi connectivity index (χ0n) is 11.6. The molecule has 0 aliphatic heterocycles. The van der Waals surface area contributed by atoms with Crippen LogP contribution in [0.25, 0.3) is 0 Å². The SMILES string of the molecule is CC(C)N(CN(C)CCN(C)C)C(C)C. The summed E-state index contributed by atoms with van der Waals surface area (Å²) in [5.41, 5.74) is 0. The van der Waals surface area contributed by atoms with Gasteiger partial charge in [0.05, 0.1) is 6.67 Å². The minimum Gasteiger partial charge on any atom is -0.308 e. The lowest BCUT2D eigenvalue weighted by atomic mass is 10.2. The molecular formula is C12H29N3. The van der Waals surface area contributed by atoms with Crippen LogP contribution in [0.4, 0.5) is 0 Å². The zero-order valence-corrected chi connectivity index (χ0v) is 11.6. The third kappa shape index (κ3) is 6.88. The number of likely N-dealkylation sites (N-methyl/N-ethyl adjacent to an activating group) is 2. The van der Waals surface area contributed by atoms with Gasteiger partial charge in [0.2, 0.25) is 0 Å². The standard InChI is InChI=1S/C12H29N3/c1-11(2)15(12(3)4)10-14(7)9-8-13(5)6/h11-12H,8-10H2,1-7H3. The first kappa shape index (κ1) is 14.9. The molecule has 0 aromatic rings. The van der Waals surface area contributed by atoms with Crippen LogP contribution in [0.1, 0.15) is 27.7 Å². The highest BCUT2D eigenvalue weighted by molar-refractivity contribution is 4.67. The highest BCUT2D eigenvalue weighted by Gasteiger charge is 2.14. The van der Waals surface area contributed by atoms with E-state index in [9.17, 15) is 0 Å². The van der Waals surface area contributed by atoms with Crippen molar-refractivity contribution in [3.8, 4) is 0 Å². The van der Waals surface area contributed by atoms with Crippen LogP contribution in [-0.2, 0) is 0 Å². The first-order valence-electron chi connectivity index (χ1n) is 5.93. The van der Waals surface area contributed by atoms with Gasteiger partial charge in [0.15, 0.2) is 0 Å². The molecule has 15 heavy (non-hydrogen) atoms. The van der Waals surface area contributed by atoms with Crippen molar-refractivity contribution in [2.45, 2.75) is 39.8 Å². The normalized spacial score (nSPS) is 12.8. The van der Waals surface area contributed by atoms with Crippen LogP contribution in [0.5, 0.6) is 0 Å². The van der Waals surface area contributed by atoms with Gasteiger partial charge in [-0.2, -0.15) is 0 Å². The fourth-order valence-corrected chi connectivity index (χ4v) is 1.64. The van der Waals surface area contributed by atoms with Crippen molar-refractivity contribution in [2.75, 3.05) is 40.9 Å². The van der Waals surface area contributed by atoms with Crippen LogP contribution >= 0.6 is 0 Å². The summed E-state index contributed by atoms with van der Waals surface area (Å²) in [6, 6.07) is 1.23. The quantitative estimate of drug-likeness (QED) is 0.597. The highest BCUT2D eigenvalue weighted by atomic mass is 15.3. The zero-order chi connectivity index (χ0) is 12.0. The predicted molar refractivity (Wildman–Crippen MR) is 68.2 cm³/mol. The Morgan fingerprint density at radius 1 is 0.800 bits per heavy atom. The molecule has 0 saturated carbocycles. The highest BCUT2D eigenvalue weighted by Crippen LogP contribution is 2.05. The van der Waals surface area contributed by atoms with E-state index in [4.69, 9.17) is 0 Å². The Kier molecular flexibility index (Phi) is 7.14. The maximum atomic E-state index is 2.51. The van der Waals surface area contributed by atoms with Crippen LogP contribution in [0.15, 0.2) is 0 Å². The van der Waals surface area contributed by atoms with E-state index in [-0.39, 0.29) is 0 Å². The summed E-state index contributed by atoms with van der Waals surface area (Å²) in [6.45, 7) is 12.4. The van der Waals surface area contributed by atoms with Gasteiger partial charge >= 0.3 is 0 Å². The molecule has 0 heterocycles. The minimum absolute atomic E-state index is 0.617. The molecule has 0 unspecified atom stereocenters. The molecule has 0 N–H and O–H groups in total. The number of hydrogen-bond donors (Lipinski definition) is 0. The van der Waals surface area contributed by atoms with Crippen LogP contribution in [0, 0.1) is 0 Å². The molecule has 0 atom stereocenters. The van der Waals surface area contributed by atoms with Crippen LogP contribution in [0.2, 0.25) is 0 Å². The molecule has 0 aliphatic carbocycles. The minimum atomic E-state index is 0.617. The van der Waals surface area contributed by atoms with Crippen molar-refractivity contribution in [1.29, 1.82) is 0 Å². The summed E-state index contributed by atoms with van der Waals surface area (Å²) in [4.78, 5) is 7.13. The molecule has 0 saturated heterocycles. The maximum absolute atomic E-state index is 2.51. The van der Waals surface area contributed by atoms with Gasteiger partial charge in [0.25, 0.3) is 0 Å². The monoisotopic (exact) mass is 215 g/mol. The lowest BCUT2D eigenvalue weighted by Crippen LogP contribution is -2.45. The Morgan fingerprint density at radius 3 is 1.60 bits per heavy atom. The van der Waals surface area contributed by atoms with Gasteiger partial charge in [-0.3, -0.25) is 9.80 Å². The molecule has 0 bridgehead atoms. The van der Waals surface area contributed by atoms with Crippen molar-refractivity contribution in [1.82, 2.24) is 14.7 Å².